The van der Waals surface area contributed by atoms with E-state index in [1.807, 2.05) is 84.3 Å². The minimum Gasteiger partial charge on any atom is -0.337 e. The van der Waals surface area contributed by atoms with E-state index < -0.39 is 0 Å². The van der Waals surface area contributed by atoms with Crippen LogP contribution in [-0.2, 0) is 22.7 Å². The van der Waals surface area contributed by atoms with Gasteiger partial charge in [-0.3, -0.25) is 9.59 Å². The van der Waals surface area contributed by atoms with Crippen LogP contribution >= 0.6 is 0 Å². The minimum absolute atomic E-state index is 0.109. The summed E-state index contributed by atoms with van der Waals surface area (Å²) >= 11 is 0. The highest BCUT2D eigenvalue weighted by atomic mass is 16.2. The molecule has 0 spiro atoms. The molecule has 0 aliphatic carbocycles. The van der Waals surface area contributed by atoms with Crippen LogP contribution in [0.3, 0.4) is 0 Å². The SMILES string of the molecule is CCC(=O)N(CCN(Cc1ccccc1)C(=O)CC)Cc1ccccc1. The van der Waals surface area contributed by atoms with Crippen LogP contribution in [0.15, 0.2) is 60.7 Å². The van der Waals surface area contributed by atoms with Crippen molar-refractivity contribution in [2.75, 3.05) is 13.1 Å². The molecule has 2 aromatic carbocycles. The van der Waals surface area contributed by atoms with Gasteiger partial charge in [0.25, 0.3) is 0 Å². The number of hydrogen-bond acceptors (Lipinski definition) is 2. The Bertz CT molecular complexity index is 624. The largest absolute Gasteiger partial charge is 0.337 e. The normalized spacial score (nSPS) is 10.4. The first-order chi connectivity index (χ1) is 12.6. The summed E-state index contributed by atoms with van der Waals surface area (Å²) in [6.07, 6.45) is 0.931. The first kappa shape index (κ1) is 19.7. The lowest BCUT2D eigenvalue weighted by Crippen LogP contribution is -2.40. The molecule has 0 saturated carbocycles. The molecule has 0 saturated heterocycles. The molecule has 0 N–H and O–H groups in total. The molecule has 0 aliphatic rings. The molecule has 2 amide bonds. The smallest absolute Gasteiger partial charge is 0.222 e. The highest BCUT2D eigenvalue weighted by Gasteiger charge is 2.17. The zero-order valence-electron chi connectivity index (χ0n) is 15.7. The van der Waals surface area contributed by atoms with Crippen molar-refractivity contribution in [3.63, 3.8) is 0 Å². The van der Waals surface area contributed by atoms with Crippen molar-refractivity contribution < 1.29 is 9.59 Å². The highest BCUT2D eigenvalue weighted by Crippen LogP contribution is 2.10. The van der Waals surface area contributed by atoms with Crippen molar-refractivity contribution in [3.8, 4) is 0 Å². The molecule has 0 radical (unpaired) electrons. The third-order valence-corrected chi connectivity index (χ3v) is 4.38. The Balaban J connectivity index is 2.04. The second-order valence-electron chi connectivity index (χ2n) is 6.31. The Morgan fingerprint density at radius 2 is 1.00 bits per heavy atom. The van der Waals surface area contributed by atoms with E-state index in [0.717, 1.165) is 11.1 Å². The van der Waals surface area contributed by atoms with Gasteiger partial charge in [-0.1, -0.05) is 74.5 Å². The maximum Gasteiger partial charge on any atom is 0.222 e. The van der Waals surface area contributed by atoms with E-state index in [9.17, 15) is 9.59 Å². The Hall–Kier alpha value is -2.62. The summed E-state index contributed by atoms with van der Waals surface area (Å²) in [7, 11) is 0. The Morgan fingerprint density at radius 1 is 0.654 bits per heavy atom. The van der Waals surface area contributed by atoms with Gasteiger partial charge in [0.15, 0.2) is 0 Å². The average Bonchev–Trinajstić information content (AvgIpc) is 2.70. The molecule has 0 aromatic heterocycles. The van der Waals surface area contributed by atoms with Crippen LogP contribution in [0.5, 0.6) is 0 Å². The first-order valence-electron chi connectivity index (χ1n) is 9.27. The van der Waals surface area contributed by atoms with Gasteiger partial charge < -0.3 is 9.80 Å². The number of nitrogens with zero attached hydrogens (tertiary/aromatic N) is 2. The van der Waals surface area contributed by atoms with Crippen molar-refractivity contribution >= 4 is 11.8 Å². The zero-order valence-corrected chi connectivity index (χ0v) is 15.7. The summed E-state index contributed by atoms with van der Waals surface area (Å²) in [5, 5.41) is 0. The third-order valence-electron chi connectivity index (χ3n) is 4.38. The van der Waals surface area contributed by atoms with Gasteiger partial charge in [0.05, 0.1) is 0 Å². The van der Waals surface area contributed by atoms with E-state index in [1.54, 1.807) is 0 Å². The summed E-state index contributed by atoms with van der Waals surface area (Å²) in [6.45, 7) is 5.98. The predicted molar refractivity (Wildman–Crippen MR) is 104 cm³/mol. The van der Waals surface area contributed by atoms with E-state index in [-0.39, 0.29) is 11.8 Å². The average molecular weight is 352 g/mol. The number of carbonyl (C=O) groups is 2. The third kappa shape index (κ3) is 6.03. The second-order valence-corrected chi connectivity index (χ2v) is 6.31. The van der Waals surface area contributed by atoms with Crippen LogP contribution in [-0.4, -0.2) is 34.7 Å². The number of carbonyl (C=O) groups excluding carboxylic acids is 2. The molecule has 0 unspecified atom stereocenters. The summed E-state index contributed by atoms with van der Waals surface area (Å²) < 4.78 is 0. The van der Waals surface area contributed by atoms with Gasteiger partial charge in [-0.15, -0.1) is 0 Å². The van der Waals surface area contributed by atoms with Gasteiger partial charge in [-0.05, 0) is 11.1 Å². The predicted octanol–water partition coefficient (Wildman–Crippen LogP) is 3.86. The van der Waals surface area contributed by atoms with Crippen LogP contribution < -0.4 is 0 Å². The molecule has 26 heavy (non-hydrogen) atoms. The number of hydrogen-bond donors (Lipinski definition) is 0. The van der Waals surface area contributed by atoms with E-state index in [0.29, 0.717) is 39.0 Å². The van der Waals surface area contributed by atoms with Gasteiger partial charge >= 0.3 is 0 Å². The maximum atomic E-state index is 12.3. The van der Waals surface area contributed by atoms with E-state index in [4.69, 9.17) is 0 Å². The summed E-state index contributed by atoms with van der Waals surface area (Å²) in [5.74, 6) is 0.218. The molecule has 2 rings (SSSR count). The van der Waals surface area contributed by atoms with Crippen LogP contribution in [0.1, 0.15) is 37.8 Å². The lowest BCUT2D eigenvalue weighted by Gasteiger charge is -2.28. The number of rotatable bonds is 9. The topological polar surface area (TPSA) is 40.6 Å². The molecule has 2 aromatic rings. The Labute approximate surface area is 156 Å². The number of amides is 2. The van der Waals surface area contributed by atoms with Crippen LogP contribution in [0.4, 0.5) is 0 Å². The molecule has 138 valence electrons. The van der Waals surface area contributed by atoms with Crippen LogP contribution in [0.25, 0.3) is 0 Å². The molecule has 0 aliphatic heterocycles. The summed E-state index contributed by atoms with van der Waals surface area (Å²) in [5.41, 5.74) is 2.21. The molecule has 0 heterocycles. The lowest BCUT2D eigenvalue weighted by molar-refractivity contribution is -0.135. The maximum absolute atomic E-state index is 12.3. The molecule has 4 heteroatoms. The van der Waals surface area contributed by atoms with Crippen molar-refractivity contribution in [2.45, 2.75) is 39.8 Å². The zero-order chi connectivity index (χ0) is 18.8. The van der Waals surface area contributed by atoms with Gasteiger partial charge in [0, 0.05) is 39.0 Å². The molecule has 0 atom stereocenters. The van der Waals surface area contributed by atoms with E-state index in [1.165, 1.54) is 0 Å². The van der Waals surface area contributed by atoms with Crippen molar-refractivity contribution in [2.24, 2.45) is 0 Å². The van der Waals surface area contributed by atoms with Crippen molar-refractivity contribution in [1.29, 1.82) is 0 Å². The fourth-order valence-electron chi connectivity index (χ4n) is 2.88. The quantitative estimate of drug-likeness (QED) is 0.687. The molecular formula is C22H28N2O2. The van der Waals surface area contributed by atoms with E-state index in [2.05, 4.69) is 0 Å². The van der Waals surface area contributed by atoms with Crippen molar-refractivity contribution in [1.82, 2.24) is 9.80 Å². The molecule has 0 fully saturated rings. The fraction of sp³-hybridized carbons (Fsp3) is 0.364. The number of benzene rings is 2. The molecule has 0 bridgehead atoms. The van der Waals surface area contributed by atoms with E-state index >= 15 is 0 Å². The van der Waals surface area contributed by atoms with Gasteiger partial charge in [0.1, 0.15) is 0 Å². The van der Waals surface area contributed by atoms with Gasteiger partial charge in [0.2, 0.25) is 11.8 Å². The summed E-state index contributed by atoms with van der Waals surface area (Å²) in [4.78, 5) is 28.4. The molecule has 4 nitrogen and oxygen atoms in total. The van der Waals surface area contributed by atoms with Crippen LogP contribution in [0.2, 0.25) is 0 Å². The van der Waals surface area contributed by atoms with Crippen LogP contribution in [0, 0.1) is 0 Å². The first-order valence-corrected chi connectivity index (χ1v) is 9.27. The highest BCUT2D eigenvalue weighted by molar-refractivity contribution is 5.77. The van der Waals surface area contributed by atoms with Gasteiger partial charge in [-0.25, -0.2) is 0 Å². The standard InChI is InChI=1S/C22H28N2O2/c1-3-21(25)23(17-19-11-7-5-8-12-19)15-16-24(22(26)4-2)18-20-13-9-6-10-14-20/h5-14H,3-4,15-18H2,1-2H3. The monoisotopic (exact) mass is 352 g/mol. The lowest BCUT2D eigenvalue weighted by atomic mass is 10.2. The molecular weight excluding hydrogens is 324 g/mol. The van der Waals surface area contributed by atoms with Gasteiger partial charge in [-0.2, -0.15) is 0 Å². The minimum atomic E-state index is 0.109. The Morgan fingerprint density at radius 3 is 1.31 bits per heavy atom. The summed E-state index contributed by atoms with van der Waals surface area (Å²) in [6, 6.07) is 19.9. The van der Waals surface area contributed by atoms with Crippen molar-refractivity contribution in [3.05, 3.63) is 71.8 Å². The Kier molecular flexibility index (Phi) is 7.87. The fourth-order valence-corrected chi connectivity index (χ4v) is 2.88. The second kappa shape index (κ2) is 10.4.